The molecule has 3 fully saturated rings. The van der Waals surface area contributed by atoms with E-state index in [1.165, 1.54) is 0 Å². The van der Waals surface area contributed by atoms with Gasteiger partial charge in [0.1, 0.15) is 0 Å². The van der Waals surface area contributed by atoms with Crippen LogP contribution < -0.4 is 0 Å². The third-order valence-corrected chi connectivity index (χ3v) is 11.6. The van der Waals surface area contributed by atoms with Gasteiger partial charge in [-0.05, 0) is 69.0 Å². The van der Waals surface area contributed by atoms with Crippen molar-refractivity contribution in [1.29, 1.82) is 0 Å². The van der Waals surface area contributed by atoms with Gasteiger partial charge >= 0.3 is 0 Å². The highest BCUT2D eigenvalue weighted by Gasteiger charge is 2.53. The first-order chi connectivity index (χ1) is 11.5. The first-order valence-electron chi connectivity index (χ1n) is 10.2. The largest absolute Gasteiger partial charge is 0.414 e. The zero-order valence-corrected chi connectivity index (χ0v) is 18.0. The van der Waals surface area contributed by atoms with Gasteiger partial charge in [0, 0.05) is 13.0 Å². The Labute approximate surface area is 154 Å². The molecule has 2 saturated carbocycles. The summed E-state index contributed by atoms with van der Waals surface area (Å²) in [5.41, 5.74) is -0.377. The second-order valence-electron chi connectivity index (χ2n) is 10.0. The van der Waals surface area contributed by atoms with Crippen molar-refractivity contribution >= 4 is 8.32 Å². The van der Waals surface area contributed by atoms with E-state index in [2.05, 4.69) is 33.9 Å². The lowest BCUT2D eigenvalue weighted by molar-refractivity contribution is -0.133. The van der Waals surface area contributed by atoms with Gasteiger partial charge in [0.25, 0.3) is 0 Å². The highest BCUT2D eigenvalue weighted by molar-refractivity contribution is 6.74. The summed E-state index contributed by atoms with van der Waals surface area (Å²) >= 11 is 0. The Balaban J connectivity index is 1.69. The molecule has 1 N–H and O–H groups in total. The summed E-state index contributed by atoms with van der Waals surface area (Å²) in [6.07, 6.45) is 6.39. The first kappa shape index (κ1) is 19.8. The summed E-state index contributed by atoms with van der Waals surface area (Å²) < 4.78 is 18.7. The summed E-state index contributed by atoms with van der Waals surface area (Å²) in [6.45, 7) is 14.3. The lowest BCUT2D eigenvalue weighted by atomic mass is 9.87. The van der Waals surface area contributed by atoms with Crippen LogP contribution in [0.3, 0.4) is 0 Å². The van der Waals surface area contributed by atoms with E-state index in [-0.39, 0.29) is 29.1 Å². The van der Waals surface area contributed by atoms with Crippen LogP contribution in [0.15, 0.2) is 0 Å². The average Bonchev–Trinajstić information content (AvgIpc) is 2.95. The van der Waals surface area contributed by atoms with Crippen LogP contribution in [0.1, 0.15) is 66.2 Å². The van der Waals surface area contributed by atoms with E-state index in [9.17, 15) is 5.11 Å². The van der Waals surface area contributed by atoms with Crippen molar-refractivity contribution in [2.75, 3.05) is 6.61 Å². The number of hydrogen-bond acceptors (Lipinski definition) is 4. The molecule has 0 bridgehead atoms. The van der Waals surface area contributed by atoms with E-state index in [0.29, 0.717) is 18.4 Å². The quantitative estimate of drug-likeness (QED) is 0.672. The van der Waals surface area contributed by atoms with E-state index in [1.807, 2.05) is 6.92 Å². The molecule has 4 nitrogen and oxygen atoms in total. The molecule has 25 heavy (non-hydrogen) atoms. The third-order valence-electron chi connectivity index (χ3n) is 7.14. The third kappa shape index (κ3) is 4.32. The molecule has 3 aliphatic rings. The van der Waals surface area contributed by atoms with Gasteiger partial charge in [-0.25, -0.2) is 0 Å². The number of aliphatic hydroxyl groups is 1. The van der Waals surface area contributed by atoms with E-state index in [0.717, 1.165) is 38.5 Å². The fourth-order valence-electron chi connectivity index (χ4n) is 4.30. The maximum Gasteiger partial charge on any atom is 0.192 e. The Morgan fingerprint density at radius 1 is 1.20 bits per heavy atom. The molecule has 0 aromatic heterocycles. The molecular formula is C20H38O4Si. The molecule has 0 amide bonds. The molecule has 5 atom stereocenters. The topological polar surface area (TPSA) is 47.9 Å². The summed E-state index contributed by atoms with van der Waals surface area (Å²) in [6, 6.07) is 0. The van der Waals surface area contributed by atoms with Crippen molar-refractivity contribution in [2.24, 2.45) is 11.8 Å². The lowest BCUT2D eigenvalue weighted by Gasteiger charge is -2.40. The number of hydrogen-bond donors (Lipinski definition) is 1. The predicted octanol–water partition coefficient (Wildman–Crippen LogP) is 4.47. The standard InChI is InChI=1S/C20H38O4Si/c1-7-22-18-12-15-14(8-9-20(21)10-11-20)17(13-16(15)23-18)24-25(5,6)19(2,3)4/h14-18,21H,7-13H2,1-6H3/t14-,15-,16+,17+,18?/m1/s1. The average molecular weight is 371 g/mol. The van der Waals surface area contributed by atoms with E-state index >= 15 is 0 Å². The molecule has 1 saturated heterocycles. The van der Waals surface area contributed by atoms with Gasteiger partial charge in [0.05, 0.1) is 17.8 Å². The monoisotopic (exact) mass is 370 g/mol. The molecule has 3 rings (SSSR count). The minimum absolute atomic E-state index is 0.0414. The molecule has 1 aliphatic heterocycles. The Hall–Kier alpha value is 0.0569. The van der Waals surface area contributed by atoms with Crippen LogP contribution in [0.25, 0.3) is 0 Å². The van der Waals surface area contributed by atoms with E-state index in [4.69, 9.17) is 13.9 Å². The van der Waals surface area contributed by atoms with Gasteiger partial charge in [0.2, 0.25) is 0 Å². The molecule has 1 unspecified atom stereocenters. The van der Waals surface area contributed by atoms with Gasteiger partial charge in [0.15, 0.2) is 14.6 Å². The van der Waals surface area contributed by atoms with Gasteiger partial charge in [-0.1, -0.05) is 20.8 Å². The van der Waals surface area contributed by atoms with Crippen molar-refractivity contribution in [3.05, 3.63) is 0 Å². The van der Waals surface area contributed by atoms with Crippen molar-refractivity contribution in [2.45, 2.75) is 108 Å². The molecule has 0 radical (unpaired) electrons. The molecule has 146 valence electrons. The van der Waals surface area contributed by atoms with Crippen LogP contribution in [-0.4, -0.2) is 44.1 Å². The zero-order chi connectivity index (χ0) is 18.5. The molecule has 0 aromatic carbocycles. The molecule has 1 heterocycles. The number of rotatable bonds is 7. The minimum atomic E-state index is -1.80. The maximum atomic E-state index is 10.3. The first-order valence-corrected chi connectivity index (χ1v) is 13.1. The summed E-state index contributed by atoms with van der Waals surface area (Å²) in [5.74, 6) is 1.02. The second-order valence-corrected chi connectivity index (χ2v) is 14.8. The fraction of sp³-hybridized carbons (Fsp3) is 1.00. The van der Waals surface area contributed by atoms with Gasteiger partial charge < -0.3 is 19.0 Å². The van der Waals surface area contributed by atoms with Crippen molar-refractivity contribution < 1.29 is 19.0 Å². The molecular weight excluding hydrogens is 332 g/mol. The molecule has 2 aliphatic carbocycles. The predicted molar refractivity (Wildman–Crippen MR) is 102 cm³/mol. The zero-order valence-electron chi connectivity index (χ0n) is 17.0. The van der Waals surface area contributed by atoms with E-state index in [1.54, 1.807) is 0 Å². The second kappa shape index (κ2) is 6.90. The highest BCUT2D eigenvalue weighted by atomic mass is 28.4. The Morgan fingerprint density at radius 3 is 2.44 bits per heavy atom. The van der Waals surface area contributed by atoms with Crippen molar-refractivity contribution in [1.82, 2.24) is 0 Å². The number of fused-ring (bicyclic) bond motifs is 1. The summed E-state index contributed by atoms with van der Waals surface area (Å²) in [4.78, 5) is 0. The molecule has 0 spiro atoms. The molecule has 0 aromatic rings. The Bertz CT molecular complexity index is 469. The van der Waals surface area contributed by atoms with Crippen LogP contribution in [0.4, 0.5) is 0 Å². The fourth-order valence-corrected chi connectivity index (χ4v) is 5.68. The van der Waals surface area contributed by atoms with Crippen molar-refractivity contribution in [3.63, 3.8) is 0 Å². The van der Waals surface area contributed by atoms with Crippen LogP contribution in [0, 0.1) is 11.8 Å². The summed E-state index contributed by atoms with van der Waals surface area (Å²) in [5, 5.41) is 10.5. The lowest BCUT2D eigenvalue weighted by Crippen LogP contribution is -2.45. The Morgan fingerprint density at radius 2 is 1.88 bits per heavy atom. The summed E-state index contributed by atoms with van der Waals surface area (Å²) in [7, 11) is -1.80. The smallest absolute Gasteiger partial charge is 0.192 e. The Kier molecular flexibility index (Phi) is 5.47. The minimum Gasteiger partial charge on any atom is -0.414 e. The van der Waals surface area contributed by atoms with Crippen LogP contribution >= 0.6 is 0 Å². The van der Waals surface area contributed by atoms with Gasteiger partial charge in [-0.15, -0.1) is 0 Å². The molecule has 5 heteroatoms. The number of ether oxygens (including phenoxy) is 2. The van der Waals surface area contributed by atoms with Crippen molar-refractivity contribution in [3.8, 4) is 0 Å². The highest BCUT2D eigenvalue weighted by Crippen LogP contribution is 2.51. The van der Waals surface area contributed by atoms with Crippen LogP contribution in [-0.2, 0) is 13.9 Å². The maximum absolute atomic E-state index is 10.3. The van der Waals surface area contributed by atoms with Gasteiger partial charge in [-0.2, -0.15) is 0 Å². The van der Waals surface area contributed by atoms with E-state index < -0.39 is 8.32 Å². The van der Waals surface area contributed by atoms with Crippen LogP contribution in [0.2, 0.25) is 18.1 Å². The van der Waals surface area contributed by atoms with Crippen LogP contribution in [0.5, 0.6) is 0 Å². The van der Waals surface area contributed by atoms with Gasteiger partial charge in [-0.3, -0.25) is 0 Å². The SMILES string of the molecule is CCOC1C[C@@H]2[C@@H](CCC3(O)CC3)[C@@H](O[Si](C)(C)C(C)(C)C)C[C@@H]2O1. The normalized spacial score (nSPS) is 37.3.